The molecule has 0 saturated carbocycles. The zero-order valence-corrected chi connectivity index (χ0v) is 18.7. The predicted octanol–water partition coefficient (Wildman–Crippen LogP) is 7.39. The van der Waals surface area contributed by atoms with Gasteiger partial charge in [-0.05, 0) is 65.1 Å². The van der Waals surface area contributed by atoms with Crippen LogP contribution in [0.2, 0.25) is 10.0 Å². The third-order valence-corrected chi connectivity index (χ3v) is 6.68. The smallest absolute Gasteiger partial charge is 0.336 e. The molecule has 30 heavy (non-hydrogen) atoms. The maximum atomic E-state index is 12.3. The molecule has 3 nitrogen and oxygen atoms in total. The Bertz CT molecular complexity index is 1190. The minimum absolute atomic E-state index is 0.0237. The minimum Gasteiger partial charge on any atom is -0.478 e. The van der Waals surface area contributed by atoms with E-state index >= 15 is 0 Å². The van der Waals surface area contributed by atoms with E-state index in [1.807, 2.05) is 36.4 Å². The SMILES string of the molecule is CC(C)(C)[C@H]1C/C(=C/c2ccc(Cl)c(Cl)c2)c2nc3ccccc3c(C(=O)O)c2C1. The number of rotatable bonds is 2. The first-order valence-electron chi connectivity index (χ1n) is 9.96. The van der Waals surface area contributed by atoms with E-state index in [2.05, 4.69) is 26.8 Å². The summed E-state index contributed by atoms with van der Waals surface area (Å²) in [6, 6.07) is 13.0. The Balaban J connectivity index is 1.99. The zero-order chi connectivity index (χ0) is 21.6. The van der Waals surface area contributed by atoms with Crippen LogP contribution in [0.4, 0.5) is 0 Å². The molecule has 1 aliphatic rings. The van der Waals surface area contributed by atoms with Crippen molar-refractivity contribution in [1.82, 2.24) is 4.98 Å². The number of carboxylic acids is 1. The Kier molecular flexibility index (Phi) is 5.37. The topological polar surface area (TPSA) is 50.2 Å². The minimum atomic E-state index is -0.909. The maximum Gasteiger partial charge on any atom is 0.336 e. The highest BCUT2D eigenvalue weighted by Gasteiger charge is 2.35. The first-order chi connectivity index (χ1) is 14.1. The highest BCUT2D eigenvalue weighted by Crippen LogP contribution is 2.44. The summed E-state index contributed by atoms with van der Waals surface area (Å²) in [5.41, 5.74) is 4.63. The Morgan fingerprint density at radius 3 is 2.50 bits per heavy atom. The van der Waals surface area contributed by atoms with Gasteiger partial charge in [0.05, 0.1) is 26.8 Å². The molecule has 3 aromatic rings. The number of nitrogens with zero attached hydrogens (tertiary/aromatic N) is 1. The second-order valence-corrected chi connectivity index (χ2v) is 9.76. The third kappa shape index (κ3) is 3.84. The van der Waals surface area contributed by atoms with Gasteiger partial charge in [0.2, 0.25) is 0 Å². The van der Waals surface area contributed by atoms with Gasteiger partial charge in [-0.1, -0.05) is 68.2 Å². The van der Waals surface area contributed by atoms with Crippen LogP contribution >= 0.6 is 23.2 Å². The molecule has 5 heteroatoms. The molecular weight excluding hydrogens is 417 g/mol. The molecule has 0 fully saturated rings. The molecule has 0 saturated heterocycles. The number of hydrogen-bond acceptors (Lipinski definition) is 2. The summed E-state index contributed by atoms with van der Waals surface area (Å²) in [7, 11) is 0. The Morgan fingerprint density at radius 1 is 1.10 bits per heavy atom. The molecule has 4 rings (SSSR count). The van der Waals surface area contributed by atoms with Gasteiger partial charge in [0.1, 0.15) is 0 Å². The summed E-state index contributed by atoms with van der Waals surface area (Å²) in [5.74, 6) is -0.617. The quantitative estimate of drug-likeness (QED) is 0.452. The van der Waals surface area contributed by atoms with Crippen molar-refractivity contribution in [3.63, 3.8) is 0 Å². The van der Waals surface area contributed by atoms with Crippen molar-refractivity contribution in [2.75, 3.05) is 0 Å². The third-order valence-electron chi connectivity index (χ3n) is 5.94. The number of benzene rings is 2. The number of carbonyl (C=O) groups is 1. The molecule has 0 bridgehead atoms. The van der Waals surface area contributed by atoms with Crippen molar-refractivity contribution < 1.29 is 9.90 Å². The van der Waals surface area contributed by atoms with Crippen molar-refractivity contribution in [2.24, 2.45) is 11.3 Å². The molecule has 2 aromatic carbocycles. The summed E-state index contributed by atoms with van der Waals surface area (Å²) in [5, 5.41) is 11.8. The van der Waals surface area contributed by atoms with Crippen LogP contribution < -0.4 is 0 Å². The van der Waals surface area contributed by atoms with Crippen LogP contribution in [0.1, 0.15) is 54.4 Å². The first kappa shape index (κ1) is 20.9. The summed E-state index contributed by atoms with van der Waals surface area (Å²) < 4.78 is 0. The molecule has 1 atom stereocenters. The average Bonchev–Trinajstić information content (AvgIpc) is 2.68. The highest BCUT2D eigenvalue weighted by atomic mass is 35.5. The highest BCUT2D eigenvalue weighted by molar-refractivity contribution is 6.42. The first-order valence-corrected chi connectivity index (χ1v) is 10.7. The zero-order valence-electron chi connectivity index (χ0n) is 17.2. The number of pyridine rings is 1. The van der Waals surface area contributed by atoms with E-state index < -0.39 is 5.97 Å². The van der Waals surface area contributed by atoms with Crippen molar-refractivity contribution in [3.8, 4) is 0 Å². The number of aromatic nitrogens is 1. The van der Waals surface area contributed by atoms with Gasteiger partial charge in [0.25, 0.3) is 0 Å². The van der Waals surface area contributed by atoms with Gasteiger partial charge in [-0.2, -0.15) is 0 Å². The van der Waals surface area contributed by atoms with Crippen LogP contribution in [-0.2, 0) is 6.42 Å². The Morgan fingerprint density at radius 2 is 1.83 bits per heavy atom. The molecule has 1 heterocycles. The number of aromatic carboxylic acids is 1. The van der Waals surface area contributed by atoms with Crippen LogP contribution in [0.25, 0.3) is 22.6 Å². The number of carboxylic acid groups (broad SMARTS) is 1. The van der Waals surface area contributed by atoms with E-state index in [1.165, 1.54) is 0 Å². The number of halogens is 2. The summed E-state index contributed by atoms with van der Waals surface area (Å²) in [6.07, 6.45) is 3.57. The molecule has 1 N–H and O–H groups in total. The molecule has 0 spiro atoms. The second-order valence-electron chi connectivity index (χ2n) is 8.95. The van der Waals surface area contributed by atoms with Crippen LogP contribution in [-0.4, -0.2) is 16.1 Å². The molecule has 0 radical (unpaired) electrons. The molecule has 154 valence electrons. The summed E-state index contributed by atoms with van der Waals surface area (Å²) in [6.45, 7) is 6.61. The number of allylic oxidation sites excluding steroid dienone is 1. The molecule has 0 amide bonds. The van der Waals surface area contributed by atoms with E-state index in [9.17, 15) is 9.90 Å². The molecule has 0 unspecified atom stereocenters. The normalized spacial score (nSPS) is 17.9. The lowest BCUT2D eigenvalue weighted by atomic mass is 9.69. The van der Waals surface area contributed by atoms with E-state index in [0.29, 0.717) is 38.9 Å². The predicted molar refractivity (Wildman–Crippen MR) is 124 cm³/mol. The monoisotopic (exact) mass is 439 g/mol. The molecule has 0 aliphatic heterocycles. The molecular formula is C25H23Cl2NO2. The van der Waals surface area contributed by atoms with Gasteiger partial charge in [0, 0.05) is 5.39 Å². The maximum absolute atomic E-state index is 12.3. The lowest BCUT2D eigenvalue weighted by Crippen LogP contribution is -2.28. The number of fused-ring (bicyclic) bond motifs is 2. The van der Waals surface area contributed by atoms with Crippen molar-refractivity contribution in [3.05, 3.63) is 74.9 Å². The van der Waals surface area contributed by atoms with Gasteiger partial charge in [0.15, 0.2) is 0 Å². The van der Waals surface area contributed by atoms with Crippen LogP contribution in [0, 0.1) is 11.3 Å². The Labute approximate surface area is 186 Å². The lowest BCUT2D eigenvalue weighted by Gasteiger charge is -2.36. The van der Waals surface area contributed by atoms with E-state index in [0.717, 1.165) is 28.8 Å². The lowest BCUT2D eigenvalue weighted by molar-refractivity contribution is 0.0696. The van der Waals surface area contributed by atoms with Gasteiger partial charge in [-0.25, -0.2) is 9.78 Å². The largest absolute Gasteiger partial charge is 0.478 e. The van der Waals surface area contributed by atoms with E-state index in [1.54, 1.807) is 6.07 Å². The van der Waals surface area contributed by atoms with E-state index in [-0.39, 0.29) is 5.41 Å². The van der Waals surface area contributed by atoms with Crippen molar-refractivity contribution in [2.45, 2.75) is 33.6 Å². The van der Waals surface area contributed by atoms with Crippen molar-refractivity contribution in [1.29, 1.82) is 0 Å². The standard InChI is InChI=1S/C25H23Cl2NO2/c1-25(2,3)16-12-15(10-14-8-9-19(26)20(27)11-14)23-18(13-16)22(24(29)30)17-6-4-5-7-21(17)28-23/h4-11,16H,12-13H2,1-3H3,(H,29,30)/b15-10-/t16-/m0/s1. The van der Waals surface area contributed by atoms with Crippen LogP contribution in [0.15, 0.2) is 42.5 Å². The summed E-state index contributed by atoms with van der Waals surface area (Å²) >= 11 is 12.3. The Hall–Kier alpha value is -2.36. The van der Waals surface area contributed by atoms with Gasteiger partial charge >= 0.3 is 5.97 Å². The van der Waals surface area contributed by atoms with Gasteiger partial charge in [-0.3, -0.25) is 0 Å². The fourth-order valence-electron chi connectivity index (χ4n) is 4.18. The van der Waals surface area contributed by atoms with Crippen LogP contribution in [0.3, 0.4) is 0 Å². The van der Waals surface area contributed by atoms with E-state index in [4.69, 9.17) is 28.2 Å². The molecule has 1 aliphatic carbocycles. The van der Waals surface area contributed by atoms with Gasteiger partial charge < -0.3 is 5.11 Å². The van der Waals surface area contributed by atoms with Crippen LogP contribution in [0.5, 0.6) is 0 Å². The van der Waals surface area contributed by atoms with Gasteiger partial charge in [-0.15, -0.1) is 0 Å². The van der Waals surface area contributed by atoms with Crippen molar-refractivity contribution >= 4 is 51.7 Å². The molecule has 1 aromatic heterocycles. The number of hydrogen-bond donors (Lipinski definition) is 1. The second kappa shape index (κ2) is 7.72. The fourth-order valence-corrected chi connectivity index (χ4v) is 4.49. The fraction of sp³-hybridized carbons (Fsp3) is 0.280. The number of para-hydroxylation sites is 1. The summed E-state index contributed by atoms with van der Waals surface area (Å²) in [4.78, 5) is 17.2. The average molecular weight is 440 g/mol.